The third-order valence-corrected chi connectivity index (χ3v) is 4.05. The van der Waals surface area contributed by atoms with Crippen molar-refractivity contribution in [3.8, 4) is 0 Å². The molecular formula is C14H14F3N5O2. The number of hydrogen-bond donors (Lipinski definition) is 0. The van der Waals surface area contributed by atoms with Crippen molar-refractivity contribution in [2.45, 2.75) is 31.6 Å². The van der Waals surface area contributed by atoms with Gasteiger partial charge in [0.1, 0.15) is 18.3 Å². The van der Waals surface area contributed by atoms with Crippen molar-refractivity contribution < 1.29 is 18.1 Å². The molecule has 0 amide bonds. The van der Waals surface area contributed by atoms with Crippen molar-refractivity contribution in [3.05, 3.63) is 46.5 Å². The Kier molecular flexibility index (Phi) is 4.12. The number of hydrogen-bond acceptors (Lipinski definition) is 5. The van der Waals surface area contributed by atoms with E-state index >= 15 is 0 Å². The quantitative estimate of drug-likeness (QED) is 0.631. The van der Waals surface area contributed by atoms with Crippen LogP contribution in [-0.2, 0) is 12.7 Å². The lowest BCUT2D eigenvalue weighted by atomic mass is 10.1. The third kappa shape index (κ3) is 3.17. The molecule has 1 saturated heterocycles. The Labute approximate surface area is 134 Å². The number of nitro benzene ring substituents is 1. The van der Waals surface area contributed by atoms with Crippen LogP contribution in [0.25, 0.3) is 0 Å². The first kappa shape index (κ1) is 16.2. The molecule has 1 aromatic carbocycles. The molecular weight excluding hydrogens is 327 g/mol. The summed E-state index contributed by atoms with van der Waals surface area (Å²) in [5.41, 5.74) is -1.35. The third-order valence-electron chi connectivity index (χ3n) is 4.05. The van der Waals surface area contributed by atoms with Gasteiger partial charge in [-0.2, -0.15) is 18.3 Å². The van der Waals surface area contributed by atoms with Crippen molar-refractivity contribution in [1.29, 1.82) is 0 Å². The van der Waals surface area contributed by atoms with Gasteiger partial charge >= 0.3 is 6.18 Å². The van der Waals surface area contributed by atoms with Crippen molar-refractivity contribution >= 4 is 11.4 Å². The Morgan fingerprint density at radius 2 is 2.17 bits per heavy atom. The molecule has 0 radical (unpaired) electrons. The lowest BCUT2D eigenvalue weighted by Crippen LogP contribution is -2.33. The molecule has 0 aliphatic carbocycles. The fourth-order valence-corrected chi connectivity index (χ4v) is 2.97. The zero-order chi connectivity index (χ0) is 17.3. The predicted octanol–water partition coefficient (Wildman–Crippen LogP) is 2.87. The van der Waals surface area contributed by atoms with E-state index in [4.69, 9.17) is 0 Å². The highest BCUT2D eigenvalue weighted by Crippen LogP contribution is 2.38. The summed E-state index contributed by atoms with van der Waals surface area (Å²) in [6.45, 7) is 1.02. The average Bonchev–Trinajstić information content (AvgIpc) is 3.18. The Bertz CT molecular complexity index is 733. The standard InChI is InChI=1S/C14H14F3N5O2/c15-14(16,17)10-3-4-12(13(6-10)22(23)24)21-5-1-2-11(21)7-20-9-18-8-19-20/h3-4,6,8-9,11H,1-2,5,7H2/t11-/m1/s1. The van der Waals surface area contributed by atoms with Crippen molar-refractivity contribution in [1.82, 2.24) is 14.8 Å². The molecule has 1 atom stereocenters. The Balaban J connectivity index is 1.93. The number of nitrogens with zero attached hydrogens (tertiary/aromatic N) is 5. The fourth-order valence-electron chi connectivity index (χ4n) is 2.97. The second-order valence-corrected chi connectivity index (χ2v) is 5.57. The summed E-state index contributed by atoms with van der Waals surface area (Å²) in [6.07, 6.45) is -0.110. The van der Waals surface area contributed by atoms with Crippen molar-refractivity contribution in [2.24, 2.45) is 0 Å². The van der Waals surface area contributed by atoms with Crippen LogP contribution in [-0.4, -0.2) is 32.3 Å². The Hall–Kier alpha value is -2.65. The maximum Gasteiger partial charge on any atom is 0.416 e. The normalized spacial score (nSPS) is 18.1. The maximum atomic E-state index is 12.8. The van der Waals surface area contributed by atoms with Crippen LogP contribution in [0, 0.1) is 10.1 Å². The van der Waals surface area contributed by atoms with Crippen LogP contribution in [0.1, 0.15) is 18.4 Å². The van der Waals surface area contributed by atoms with Crippen LogP contribution in [0.4, 0.5) is 24.5 Å². The maximum absolute atomic E-state index is 12.8. The molecule has 1 aliphatic rings. The number of nitro groups is 1. The first-order valence-corrected chi connectivity index (χ1v) is 7.31. The van der Waals surface area contributed by atoms with Gasteiger partial charge in [0.25, 0.3) is 5.69 Å². The minimum Gasteiger partial charge on any atom is -0.361 e. The van der Waals surface area contributed by atoms with E-state index < -0.39 is 22.4 Å². The van der Waals surface area contributed by atoms with Gasteiger partial charge in [-0.1, -0.05) is 0 Å². The summed E-state index contributed by atoms with van der Waals surface area (Å²) in [5.74, 6) is 0. The summed E-state index contributed by atoms with van der Waals surface area (Å²) in [4.78, 5) is 16.1. The molecule has 1 fully saturated rings. The number of halogens is 3. The van der Waals surface area contributed by atoms with Crippen LogP contribution in [0.5, 0.6) is 0 Å². The predicted molar refractivity (Wildman–Crippen MR) is 78.5 cm³/mol. The second-order valence-electron chi connectivity index (χ2n) is 5.57. The SMILES string of the molecule is O=[N+]([O-])c1cc(C(F)(F)F)ccc1N1CCC[C@@H]1Cn1cncn1. The van der Waals surface area contributed by atoms with Gasteiger partial charge in [0.15, 0.2) is 0 Å². The van der Waals surface area contributed by atoms with Gasteiger partial charge in [-0.05, 0) is 25.0 Å². The lowest BCUT2D eigenvalue weighted by Gasteiger charge is -2.26. The topological polar surface area (TPSA) is 77.1 Å². The zero-order valence-corrected chi connectivity index (χ0v) is 12.5. The van der Waals surface area contributed by atoms with Gasteiger partial charge in [0, 0.05) is 18.7 Å². The van der Waals surface area contributed by atoms with Crippen LogP contribution in [0.3, 0.4) is 0 Å². The number of benzene rings is 1. The van der Waals surface area contributed by atoms with E-state index in [1.807, 2.05) is 0 Å². The molecule has 7 nitrogen and oxygen atoms in total. The van der Waals surface area contributed by atoms with E-state index in [0.717, 1.165) is 18.9 Å². The molecule has 0 spiro atoms. The number of anilines is 1. The molecule has 0 saturated carbocycles. The summed E-state index contributed by atoms with van der Waals surface area (Å²) in [7, 11) is 0. The highest BCUT2D eigenvalue weighted by Gasteiger charge is 2.35. The Morgan fingerprint density at radius 3 is 2.79 bits per heavy atom. The molecule has 2 heterocycles. The smallest absolute Gasteiger partial charge is 0.361 e. The molecule has 3 rings (SSSR count). The van der Waals surface area contributed by atoms with Crippen LogP contribution in [0.2, 0.25) is 0 Å². The van der Waals surface area contributed by atoms with Crippen LogP contribution < -0.4 is 4.90 Å². The molecule has 1 aromatic heterocycles. The van der Waals surface area contributed by atoms with Gasteiger partial charge < -0.3 is 4.90 Å². The van der Waals surface area contributed by atoms with E-state index in [1.54, 1.807) is 9.58 Å². The summed E-state index contributed by atoms with van der Waals surface area (Å²) in [5, 5.41) is 15.3. The lowest BCUT2D eigenvalue weighted by molar-refractivity contribution is -0.384. The first-order chi connectivity index (χ1) is 11.4. The average molecular weight is 341 g/mol. The minimum atomic E-state index is -4.62. The van der Waals surface area contributed by atoms with Crippen molar-refractivity contribution in [3.63, 3.8) is 0 Å². The van der Waals surface area contributed by atoms with Gasteiger partial charge in [-0.15, -0.1) is 0 Å². The molecule has 0 bridgehead atoms. The summed E-state index contributed by atoms with van der Waals surface area (Å²) >= 11 is 0. The Morgan fingerprint density at radius 1 is 1.38 bits per heavy atom. The molecule has 0 N–H and O–H groups in total. The van der Waals surface area contributed by atoms with Gasteiger partial charge in [0.2, 0.25) is 0 Å². The molecule has 24 heavy (non-hydrogen) atoms. The second kappa shape index (κ2) is 6.10. The largest absolute Gasteiger partial charge is 0.416 e. The number of aromatic nitrogens is 3. The van der Waals surface area contributed by atoms with Gasteiger partial charge in [-0.25, -0.2) is 4.98 Å². The van der Waals surface area contributed by atoms with E-state index in [-0.39, 0.29) is 11.7 Å². The molecule has 128 valence electrons. The zero-order valence-electron chi connectivity index (χ0n) is 12.5. The molecule has 0 unspecified atom stereocenters. The van der Waals surface area contributed by atoms with E-state index in [1.165, 1.54) is 18.7 Å². The van der Waals surface area contributed by atoms with Crippen molar-refractivity contribution in [2.75, 3.05) is 11.4 Å². The first-order valence-electron chi connectivity index (χ1n) is 7.31. The fraction of sp³-hybridized carbons (Fsp3) is 0.429. The van der Waals surface area contributed by atoms with E-state index in [9.17, 15) is 23.3 Å². The monoisotopic (exact) mass is 341 g/mol. The van der Waals surface area contributed by atoms with E-state index in [2.05, 4.69) is 10.1 Å². The minimum absolute atomic E-state index is 0.0814. The molecule has 10 heteroatoms. The number of rotatable bonds is 4. The highest BCUT2D eigenvalue weighted by atomic mass is 19.4. The highest BCUT2D eigenvalue weighted by molar-refractivity contribution is 5.65. The van der Waals surface area contributed by atoms with Crippen LogP contribution in [0.15, 0.2) is 30.9 Å². The summed E-state index contributed by atoms with van der Waals surface area (Å²) in [6, 6.07) is 2.58. The van der Waals surface area contributed by atoms with Crippen LogP contribution >= 0.6 is 0 Å². The van der Waals surface area contributed by atoms with Gasteiger partial charge in [-0.3, -0.25) is 14.8 Å². The van der Waals surface area contributed by atoms with Gasteiger partial charge in [0.05, 0.1) is 17.0 Å². The molecule has 1 aliphatic heterocycles. The number of alkyl halides is 3. The van der Waals surface area contributed by atoms with E-state index in [0.29, 0.717) is 19.2 Å². The molecule has 2 aromatic rings. The summed E-state index contributed by atoms with van der Waals surface area (Å²) < 4.78 is 40.1.